The van der Waals surface area contributed by atoms with Gasteiger partial charge in [-0.05, 0) is 12.5 Å². The minimum atomic E-state index is -0.276. The molecule has 0 bridgehead atoms. The highest BCUT2D eigenvalue weighted by Crippen LogP contribution is 2.25. The van der Waals surface area contributed by atoms with Crippen LogP contribution in [0.2, 0.25) is 0 Å². The molecule has 1 heterocycles. The number of nitrogens with one attached hydrogen (secondary N) is 1. The van der Waals surface area contributed by atoms with Gasteiger partial charge in [0.15, 0.2) is 0 Å². The van der Waals surface area contributed by atoms with Crippen molar-refractivity contribution in [1.82, 2.24) is 5.48 Å². The van der Waals surface area contributed by atoms with Gasteiger partial charge in [-0.1, -0.05) is 12.2 Å². The zero-order valence-corrected chi connectivity index (χ0v) is 5.83. The van der Waals surface area contributed by atoms with Crippen LogP contribution < -0.4 is 5.48 Å². The first-order chi connectivity index (χ1) is 5.36. The highest BCUT2D eigenvalue weighted by Gasteiger charge is 2.26. The van der Waals surface area contributed by atoms with Gasteiger partial charge in [0.2, 0.25) is 0 Å². The minimum Gasteiger partial charge on any atom is -0.384 e. The third-order valence-corrected chi connectivity index (χ3v) is 1.68. The molecule has 1 N–H and O–H groups in total. The van der Waals surface area contributed by atoms with E-state index in [9.17, 15) is 4.79 Å². The third kappa shape index (κ3) is 1.13. The van der Waals surface area contributed by atoms with Gasteiger partial charge in [0, 0.05) is 5.92 Å². The Morgan fingerprint density at radius 2 is 2.64 bits per heavy atom. The summed E-state index contributed by atoms with van der Waals surface area (Å²) in [5.74, 6) is 0.517. The molecule has 11 heavy (non-hydrogen) atoms. The van der Waals surface area contributed by atoms with Crippen LogP contribution in [0, 0.1) is 12.3 Å². The lowest BCUT2D eigenvalue weighted by Gasteiger charge is -2.24. The lowest BCUT2D eigenvalue weighted by atomic mass is 9.94. The second-order valence-corrected chi connectivity index (χ2v) is 2.46. The number of hydroxylamine groups is 1. The molecule has 0 aromatic heterocycles. The summed E-state index contributed by atoms with van der Waals surface area (Å²) in [6.07, 6.45) is 9.26. The first-order valence-electron chi connectivity index (χ1n) is 3.46. The molecule has 2 rings (SSSR count). The van der Waals surface area contributed by atoms with Crippen molar-refractivity contribution < 1.29 is 9.63 Å². The molecule has 0 aromatic carbocycles. The molecule has 1 fully saturated rings. The Hall–Kier alpha value is -1.25. The van der Waals surface area contributed by atoms with Crippen molar-refractivity contribution in [2.75, 3.05) is 0 Å². The number of amides is 1. The standard InChI is InChI=1S/C8H7NO2/c10-8-5-6-3-1-2-4-7(6)11-9-8/h1-2,4,6H,3H2,(H,9,10). The van der Waals surface area contributed by atoms with Gasteiger partial charge in [0.25, 0.3) is 5.91 Å². The number of fused-ring (bicyclic) bond motifs is 1. The summed E-state index contributed by atoms with van der Waals surface area (Å²) in [5, 5.41) is 0. The quantitative estimate of drug-likeness (QED) is 0.547. The second kappa shape index (κ2) is 2.42. The fourth-order valence-electron chi connectivity index (χ4n) is 1.14. The van der Waals surface area contributed by atoms with E-state index in [1.807, 2.05) is 18.2 Å². The number of hydrogen-bond acceptors (Lipinski definition) is 2. The van der Waals surface area contributed by atoms with Gasteiger partial charge in [-0.2, -0.15) is 5.48 Å². The van der Waals surface area contributed by atoms with E-state index in [0.29, 0.717) is 0 Å². The monoisotopic (exact) mass is 149 g/mol. The number of hydrogen-bond donors (Lipinski definition) is 1. The molecule has 2 aliphatic rings. The van der Waals surface area contributed by atoms with Crippen molar-refractivity contribution in [3.63, 3.8) is 0 Å². The van der Waals surface area contributed by atoms with E-state index >= 15 is 0 Å². The first-order valence-corrected chi connectivity index (χ1v) is 3.46. The summed E-state index contributed by atoms with van der Waals surface area (Å²) >= 11 is 0. The van der Waals surface area contributed by atoms with Crippen LogP contribution in [-0.2, 0) is 9.63 Å². The molecular weight excluding hydrogens is 142 g/mol. The summed E-state index contributed by atoms with van der Waals surface area (Å²) in [7, 11) is 0. The molecule has 56 valence electrons. The van der Waals surface area contributed by atoms with Crippen LogP contribution in [0.25, 0.3) is 0 Å². The summed E-state index contributed by atoms with van der Waals surface area (Å²) in [6.45, 7) is 0. The molecule has 1 unspecified atom stereocenters. The second-order valence-electron chi connectivity index (χ2n) is 2.46. The van der Waals surface area contributed by atoms with Crippen LogP contribution in [0.5, 0.6) is 0 Å². The van der Waals surface area contributed by atoms with Crippen molar-refractivity contribution in [2.24, 2.45) is 5.92 Å². The summed E-state index contributed by atoms with van der Waals surface area (Å²) < 4.78 is 0. The lowest BCUT2D eigenvalue weighted by molar-refractivity contribution is -0.131. The Morgan fingerprint density at radius 1 is 1.73 bits per heavy atom. The van der Waals surface area contributed by atoms with E-state index in [4.69, 9.17) is 4.84 Å². The fraction of sp³-hybridized carbons (Fsp3) is 0.250. The van der Waals surface area contributed by atoms with Gasteiger partial charge >= 0.3 is 0 Å². The van der Waals surface area contributed by atoms with E-state index in [-0.39, 0.29) is 11.8 Å². The van der Waals surface area contributed by atoms with Crippen LogP contribution in [0.1, 0.15) is 6.42 Å². The average Bonchev–Trinajstić information content (AvgIpc) is 2.04. The van der Waals surface area contributed by atoms with Crippen LogP contribution in [0.4, 0.5) is 0 Å². The maximum Gasteiger partial charge on any atom is 0.261 e. The number of carbonyl (C=O) groups is 1. The molecular formula is C8H7NO2. The topological polar surface area (TPSA) is 38.3 Å². The van der Waals surface area contributed by atoms with Crippen molar-refractivity contribution >= 4 is 5.91 Å². The number of carbonyl (C=O) groups excluding carboxylic acids is 1. The number of rotatable bonds is 0. The van der Waals surface area contributed by atoms with Crippen LogP contribution in [-0.4, -0.2) is 5.91 Å². The Bertz CT molecular complexity index is 242. The first kappa shape index (κ1) is 6.46. The Kier molecular flexibility index (Phi) is 1.42. The molecule has 1 amide bonds. The fourth-order valence-corrected chi connectivity index (χ4v) is 1.14. The van der Waals surface area contributed by atoms with Gasteiger partial charge in [-0.3, -0.25) is 4.79 Å². The Morgan fingerprint density at radius 3 is 3.55 bits per heavy atom. The van der Waals surface area contributed by atoms with Crippen molar-refractivity contribution in [2.45, 2.75) is 6.42 Å². The molecule has 3 heteroatoms. The molecule has 0 spiro atoms. The van der Waals surface area contributed by atoms with Crippen molar-refractivity contribution in [1.29, 1.82) is 0 Å². The van der Waals surface area contributed by atoms with E-state index in [1.165, 1.54) is 0 Å². The third-order valence-electron chi connectivity index (χ3n) is 1.68. The largest absolute Gasteiger partial charge is 0.384 e. The highest BCUT2D eigenvalue weighted by atomic mass is 16.7. The normalized spacial score (nSPS) is 28.2. The van der Waals surface area contributed by atoms with Crippen LogP contribution in [0.3, 0.4) is 0 Å². The van der Waals surface area contributed by atoms with Gasteiger partial charge in [0.05, 0.1) is 6.42 Å². The highest BCUT2D eigenvalue weighted by molar-refractivity contribution is 5.85. The predicted molar refractivity (Wildman–Crippen MR) is 37.8 cm³/mol. The summed E-state index contributed by atoms with van der Waals surface area (Å²) in [5.41, 5.74) is 2.23. The SMILES string of the molecule is O=C1[C]C2CC=CC=C2ON1. The smallest absolute Gasteiger partial charge is 0.261 e. The molecule has 1 aliphatic carbocycles. The molecule has 1 saturated heterocycles. The van der Waals surface area contributed by atoms with Gasteiger partial charge in [-0.25, -0.2) is 0 Å². The van der Waals surface area contributed by atoms with Crippen molar-refractivity contribution in [3.8, 4) is 0 Å². The zero-order chi connectivity index (χ0) is 7.68. The van der Waals surface area contributed by atoms with Gasteiger partial charge in [0.1, 0.15) is 5.76 Å². The van der Waals surface area contributed by atoms with E-state index in [2.05, 4.69) is 11.9 Å². The van der Waals surface area contributed by atoms with E-state index in [0.717, 1.165) is 12.2 Å². The summed E-state index contributed by atoms with van der Waals surface area (Å²) in [6, 6.07) is 0. The Labute approximate surface area is 64.7 Å². The predicted octanol–water partition coefficient (Wildman–Crippen LogP) is 0.589. The molecule has 0 saturated carbocycles. The van der Waals surface area contributed by atoms with Crippen LogP contribution in [0.15, 0.2) is 24.0 Å². The van der Waals surface area contributed by atoms with Gasteiger partial charge < -0.3 is 4.84 Å². The van der Waals surface area contributed by atoms with Crippen LogP contribution >= 0.6 is 0 Å². The lowest BCUT2D eigenvalue weighted by Crippen LogP contribution is -2.34. The molecule has 3 nitrogen and oxygen atoms in total. The molecule has 0 aromatic rings. The maximum atomic E-state index is 10.7. The van der Waals surface area contributed by atoms with E-state index < -0.39 is 0 Å². The maximum absolute atomic E-state index is 10.7. The molecule has 2 radical (unpaired) electrons. The molecule has 1 atom stereocenters. The minimum absolute atomic E-state index is 0.0220. The van der Waals surface area contributed by atoms with E-state index in [1.54, 1.807) is 0 Å². The average molecular weight is 149 g/mol. The van der Waals surface area contributed by atoms with Gasteiger partial charge in [-0.15, -0.1) is 0 Å². The Balaban J connectivity index is 2.16. The number of allylic oxidation sites excluding steroid dienone is 4. The van der Waals surface area contributed by atoms with Crippen molar-refractivity contribution in [3.05, 3.63) is 30.4 Å². The zero-order valence-electron chi connectivity index (χ0n) is 5.83. The molecule has 1 aliphatic heterocycles. The summed E-state index contributed by atoms with van der Waals surface area (Å²) in [4.78, 5) is 15.7.